The predicted molar refractivity (Wildman–Crippen MR) is 72.2 cm³/mol. The second-order valence-corrected chi connectivity index (χ2v) is 5.38. The third-order valence-electron chi connectivity index (χ3n) is 3.26. The summed E-state index contributed by atoms with van der Waals surface area (Å²) in [5, 5.41) is 0. The van der Waals surface area contributed by atoms with Crippen molar-refractivity contribution in [3.63, 3.8) is 0 Å². The van der Waals surface area contributed by atoms with Crippen LogP contribution in [0.15, 0.2) is 29.3 Å². The molecule has 0 amide bonds. The number of nitrogens with zero attached hydrogens (tertiary/aromatic N) is 2. The number of hydrogen-bond acceptors (Lipinski definition) is 3. The Bertz CT molecular complexity index is 509. The van der Waals surface area contributed by atoms with E-state index in [0.717, 1.165) is 6.07 Å². The molecule has 1 aromatic carbocycles. The Morgan fingerprint density at radius 2 is 2.10 bits per heavy atom. The molecule has 1 atom stereocenters. The van der Waals surface area contributed by atoms with Crippen molar-refractivity contribution in [2.45, 2.75) is 26.1 Å². The van der Waals surface area contributed by atoms with Crippen LogP contribution in [-0.4, -0.2) is 23.9 Å². The van der Waals surface area contributed by atoms with E-state index in [-0.39, 0.29) is 6.04 Å². The number of nitrogens with two attached hydrogens (primary N) is 1. The second kappa shape index (κ2) is 5.34. The molecule has 0 aliphatic carbocycles. The smallest absolute Gasteiger partial charge is 0.370 e. The van der Waals surface area contributed by atoms with Crippen LogP contribution < -0.4 is 5.73 Å². The van der Waals surface area contributed by atoms with E-state index in [1.807, 2.05) is 18.7 Å². The second-order valence-electron chi connectivity index (χ2n) is 5.38. The molecule has 0 saturated carbocycles. The summed E-state index contributed by atoms with van der Waals surface area (Å²) in [6, 6.07) is 5.18. The van der Waals surface area contributed by atoms with Crippen molar-refractivity contribution in [3.8, 4) is 0 Å². The van der Waals surface area contributed by atoms with Crippen molar-refractivity contribution in [2.24, 2.45) is 16.6 Å². The standard InChI is InChI=1S/C14H18F3N3/c1-9(2)8-20-12(7-19-13(20)18)10-4-3-5-11(6-10)14(15,16)17/h3-6,9,12H,7-8H2,1-2H3,(H2,18,19). The first-order chi connectivity index (χ1) is 9.29. The van der Waals surface area contributed by atoms with Crippen LogP contribution in [0.1, 0.15) is 31.0 Å². The first-order valence-corrected chi connectivity index (χ1v) is 6.52. The molecular formula is C14H18F3N3. The van der Waals surface area contributed by atoms with Gasteiger partial charge in [-0.05, 0) is 23.6 Å². The third kappa shape index (κ3) is 3.05. The van der Waals surface area contributed by atoms with Crippen molar-refractivity contribution in [2.75, 3.05) is 13.1 Å². The molecule has 1 unspecified atom stereocenters. The minimum Gasteiger partial charge on any atom is -0.370 e. The van der Waals surface area contributed by atoms with Gasteiger partial charge in [0.1, 0.15) is 0 Å². The van der Waals surface area contributed by atoms with Gasteiger partial charge in [-0.2, -0.15) is 13.2 Å². The molecule has 6 heteroatoms. The number of benzene rings is 1. The first kappa shape index (κ1) is 14.7. The van der Waals surface area contributed by atoms with Gasteiger partial charge in [-0.25, -0.2) is 0 Å². The summed E-state index contributed by atoms with van der Waals surface area (Å²) >= 11 is 0. The van der Waals surface area contributed by atoms with Crippen molar-refractivity contribution in [3.05, 3.63) is 35.4 Å². The number of guanidine groups is 1. The van der Waals surface area contributed by atoms with Crippen LogP contribution >= 0.6 is 0 Å². The summed E-state index contributed by atoms with van der Waals surface area (Å²) in [4.78, 5) is 6.03. The van der Waals surface area contributed by atoms with Gasteiger partial charge in [0.2, 0.25) is 0 Å². The zero-order chi connectivity index (χ0) is 14.9. The van der Waals surface area contributed by atoms with E-state index in [1.165, 1.54) is 12.1 Å². The summed E-state index contributed by atoms with van der Waals surface area (Å²) < 4.78 is 38.3. The Morgan fingerprint density at radius 3 is 2.70 bits per heavy atom. The Morgan fingerprint density at radius 1 is 1.40 bits per heavy atom. The highest BCUT2D eigenvalue weighted by Crippen LogP contribution is 2.33. The van der Waals surface area contributed by atoms with Crippen LogP contribution in [0.5, 0.6) is 0 Å². The fourth-order valence-corrected chi connectivity index (χ4v) is 2.35. The molecule has 0 saturated heterocycles. The zero-order valence-electron chi connectivity index (χ0n) is 11.5. The summed E-state index contributed by atoms with van der Waals surface area (Å²) in [7, 11) is 0. The minimum atomic E-state index is -4.33. The Balaban J connectivity index is 2.27. The van der Waals surface area contributed by atoms with E-state index in [1.54, 1.807) is 6.07 Å². The fourth-order valence-electron chi connectivity index (χ4n) is 2.35. The fraction of sp³-hybridized carbons (Fsp3) is 0.500. The molecule has 110 valence electrons. The van der Waals surface area contributed by atoms with Gasteiger partial charge >= 0.3 is 6.18 Å². The zero-order valence-corrected chi connectivity index (χ0v) is 11.5. The maximum Gasteiger partial charge on any atom is 0.416 e. The molecule has 2 N–H and O–H groups in total. The van der Waals surface area contributed by atoms with Crippen LogP contribution in [0.25, 0.3) is 0 Å². The van der Waals surface area contributed by atoms with E-state index in [4.69, 9.17) is 5.73 Å². The van der Waals surface area contributed by atoms with Crippen LogP contribution in [0.4, 0.5) is 13.2 Å². The number of halogens is 3. The molecule has 1 aliphatic heterocycles. The average Bonchev–Trinajstić information content (AvgIpc) is 2.70. The normalized spacial score (nSPS) is 19.6. The third-order valence-corrected chi connectivity index (χ3v) is 3.26. The lowest BCUT2D eigenvalue weighted by Crippen LogP contribution is -2.38. The Hall–Kier alpha value is -1.72. The molecule has 1 aromatic rings. The highest BCUT2D eigenvalue weighted by atomic mass is 19.4. The molecule has 2 rings (SSSR count). The largest absolute Gasteiger partial charge is 0.416 e. The topological polar surface area (TPSA) is 41.6 Å². The van der Waals surface area contributed by atoms with Gasteiger partial charge in [-0.15, -0.1) is 0 Å². The van der Waals surface area contributed by atoms with Gasteiger partial charge in [-0.3, -0.25) is 4.99 Å². The average molecular weight is 285 g/mol. The monoisotopic (exact) mass is 285 g/mol. The van der Waals surface area contributed by atoms with E-state index < -0.39 is 11.7 Å². The first-order valence-electron chi connectivity index (χ1n) is 6.52. The summed E-state index contributed by atoms with van der Waals surface area (Å²) in [6.45, 7) is 5.15. The lowest BCUT2D eigenvalue weighted by molar-refractivity contribution is -0.137. The van der Waals surface area contributed by atoms with Gasteiger partial charge in [0.05, 0.1) is 18.2 Å². The SMILES string of the molecule is CC(C)CN1C(N)=NCC1c1cccc(C(F)(F)F)c1. The van der Waals surface area contributed by atoms with E-state index >= 15 is 0 Å². The maximum absolute atomic E-state index is 12.8. The number of alkyl halides is 3. The lowest BCUT2D eigenvalue weighted by Gasteiger charge is -2.28. The Labute approximate surface area is 116 Å². The molecule has 3 nitrogen and oxygen atoms in total. The highest BCUT2D eigenvalue weighted by molar-refractivity contribution is 5.80. The molecule has 0 aromatic heterocycles. The molecule has 0 fully saturated rings. The quantitative estimate of drug-likeness (QED) is 0.927. The van der Waals surface area contributed by atoms with E-state index in [0.29, 0.717) is 30.5 Å². The molecule has 20 heavy (non-hydrogen) atoms. The molecule has 1 aliphatic rings. The van der Waals surface area contributed by atoms with Gasteiger partial charge in [-0.1, -0.05) is 26.0 Å². The molecule has 0 spiro atoms. The molecular weight excluding hydrogens is 267 g/mol. The Kier molecular flexibility index (Phi) is 3.92. The molecule has 0 radical (unpaired) electrons. The molecule has 0 bridgehead atoms. The van der Waals surface area contributed by atoms with E-state index in [9.17, 15) is 13.2 Å². The van der Waals surface area contributed by atoms with Crippen LogP contribution in [0.2, 0.25) is 0 Å². The molecule has 1 heterocycles. The van der Waals surface area contributed by atoms with Crippen LogP contribution in [-0.2, 0) is 6.18 Å². The number of rotatable bonds is 3. The van der Waals surface area contributed by atoms with Gasteiger partial charge < -0.3 is 10.6 Å². The minimum absolute atomic E-state index is 0.209. The summed E-state index contributed by atoms with van der Waals surface area (Å²) in [5.41, 5.74) is 5.80. The van der Waals surface area contributed by atoms with Crippen LogP contribution in [0.3, 0.4) is 0 Å². The highest BCUT2D eigenvalue weighted by Gasteiger charge is 2.33. The van der Waals surface area contributed by atoms with Gasteiger partial charge in [0.25, 0.3) is 0 Å². The summed E-state index contributed by atoms with van der Waals surface area (Å²) in [5.74, 6) is 0.760. The lowest BCUT2D eigenvalue weighted by atomic mass is 10.0. The number of aliphatic imine (C=N–C) groups is 1. The van der Waals surface area contributed by atoms with Crippen molar-refractivity contribution < 1.29 is 13.2 Å². The van der Waals surface area contributed by atoms with Crippen molar-refractivity contribution in [1.82, 2.24) is 4.90 Å². The predicted octanol–water partition coefficient (Wildman–Crippen LogP) is 3.03. The van der Waals surface area contributed by atoms with Gasteiger partial charge in [0.15, 0.2) is 5.96 Å². The maximum atomic E-state index is 12.8. The number of hydrogen-bond donors (Lipinski definition) is 1. The van der Waals surface area contributed by atoms with E-state index in [2.05, 4.69) is 4.99 Å². The summed E-state index contributed by atoms with van der Waals surface area (Å²) in [6.07, 6.45) is -4.33. The van der Waals surface area contributed by atoms with Crippen LogP contribution in [0, 0.1) is 5.92 Å². The van der Waals surface area contributed by atoms with Gasteiger partial charge in [0, 0.05) is 6.54 Å². The van der Waals surface area contributed by atoms with Crippen molar-refractivity contribution in [1.29, 1.82) is 0 Å². The van der Waals surface area contributed by atoms with Crippen molar-refractivity contribution >= 4 is 5.96 Å².